The first-order valence-electron chi connectivity index (χ1n) is 8.70. The van der Waals surface area contributed by atoms with Crippen LogP contribution in [0.4, 0.5) is 0 Å². The summed E-state index contributed by atoms with van der Waals surface area (Å²) in [5, 5.41) is 3.80. The molecule has 0 aromatic carbocycles. The van der Waals surface area contributed by atoms with E-state index in [1.165, 1.54) is 64.6 Å². The molecule has 2 nitrogen and oxygen atoms in total. The van der Waals surface area contributed by atoms with Gasteiger partial charge >= 0.3 is 0 Å². The van der Waals surface area contributed by atoms with Crippen LogP contribution in [0.5, 0.6) is 0 Å². The Morgan fingerprint density at radius 2 is 1.63 bits per heavy atom. The molecule has 3 unspecified atom stereocenters. The lowest BCUT2D eigenvalue weighted by Gasteiger charge is -2.42. The van der Waals surface area contributed by atoms with E-state index in [0.29, 0.717) is 0 Å². The Bertz CT molecular complexity index is 279. The summed E-state index contributed by atoms with van der Waals surface area (Å²) in [4.78, 5) is 2.80. The third-order valence-corrected chi connectivity index (χ3v) is 6.01. The van der Waals surface area contributed by atoms with Crippen molar-refractivity contribution < 1.29 is 0 Å². The van der Waals surface area contributed by atoms with E-state index in [-0.39, 0.29) is 0 Å². The second-order valence-corrected chi connectivity index (χ2v) is 7.58. The predicted molar refractivity (Wildman–Crippen MR) is 81.3 cm³/mol. The molecule has 3 fully saturated rings. The van der Waals surface area contributed by atoms with Crippen LogP contribution in [0.1, 0.15) is 58.8 Å². The first-order valence-corrected chi connectivity index (χ1v) is 8.70. The van der Waals surface area contributed by atoms with Gasteiger partial charge in [-0.1, -0.05) is 13.8 Å². The van der Waals surface area contributed by atoms with Gasteiger partial charge in [0.15, 0.2) is 0 Å². The van der Waals surface area contributed by atoms with E-state index in [1.54, 1.807) is 0 Å². The number of likely N-dealkylation sites (tertiary alicyclic amines) is 1. The molecule has 0 radical (unpaired) electrons. The third kappa shape index (κ3) is 3.72. The molecule has 1 N–H and O–H groups in total. The van der Waals surface area contributed by atoms with Crippen molar-refractivity contribution in [3.63, 3.8) is 0 Å². The van der Waals surface area contributed by atoms with E-state index in [0.717, 1.165) is 29.8 Å². The fraction of sp³-hybridized carbons (Fsp3) is 1.00. The van der Waals surface area contributed by atoms with Crippen molar-refractivity contribution in [3.8, 4) is 0 Å². The molecule has 19 heavy (non-hydrogen) atoms. The second kappa shape index (κ2) is 6.13. The van der Waals surface area contributed by atoms with Crippen LogP contribution in [-0.2, 0) is 0 Å². The molecule has 3 atom stereocenters. The first-order chi connectivity index (χ1) is 9.22. The van der Waals surface area contributed by atoms with E-state index in [1.807, 2.05) is 0 Å². The summed E-state index contributed by atoms with van der Waals surface area (Å²) in [5.41, 5.74) is 0. The largest absolute Gasteiger partial charge is 0.314 e. The fourth-order valence-corrected chi connectivity index (χ4v) is 3.97. The monoisotopic (exact) mass is 264 g/mol. The summed E-state index contributed by atoms with van der Waals surface area (Å²) in [6.07, 6.45) is 10.1. The Morgan fingerprint density at radius 3 is 2.26 bits per heavy atom. The van der Waals surface area contributed by atoms with Crippen LogP contribution in [0.2, 0.25) is 0 Å². The van der Waals surface area contributed by atoms with Gasteiger partial charge < -0.3 is 10.2 Å². The lowest BCUT2D eigenvalue weighted by molar-refractivity contribution is 0.0822. The van der Waals surface area contributed by atoms with E-state index in [4.69, 9.17) is 0 Å². The summed E-state index contributed by atoms with van der Waals surface area (Å²) in [7, 11) is 0. The Morgan fingerprint density at radius 1 is 0.895 bits per heavy atom. The molecule has 0 amide bonds. The van der Waals surface area contributed by atoms with Crippen LogP contribution in [0.3, 0.4) is 0 Å². The maximum absolute atomic E-state index is 3.80. The van der Waals surface area contributed by atoms with E-state index >= 15 is 0 Å². The summed E-state index contributed by atoms with van der Waals surface area (Å²) in [6.45, 7) is 8.88. The van der Waals surface area contributed by atoms with Crippen molar-refractivity contribution in [1.82, 2.24) is 10.2 Å². The number of piperidine rings is 1. The van der Waals surface area contributed by atoms with Crippen molar-refractivity contribution in [1.29, 1.82) is 0 Å². The number of nitrogens with one attached hydrogen (secondary N) is 1. The molecule has 1 aliphatic heterocycles. The van der Waals surface area contributed by atoms with Gasteiger partial charge in [0.25, 0.3) is 0 Å². The molecule has 1 saturated heterocycles. The molecular weight excluding hydrogens is 232 g/mol. The molecule has 3 aliphatic rings. The standard InChI is InChI=1S/C17H32N2/c1-13-3-6-17(11-14(13)2)19-9-7-16(8-10-19)18-12-15-4-5-15/h13-18H,3-12H2,1-2H3. The van der Waals surface area contributed by atoms with Crippen LogP contribution < -0.4 is 5.32 Å². The zero-order valence-electron chi connectivity index (χ0n) is 12.9. The predicted octanol–water partition coefficient (Wildman–Crippen LogP) is 3.28. The van der Waals surface area contributed by atoms with Crippen LogP contribution in [0, 0.1) is 17.8 Å². The van der Waals surface area contributed by atoms with Crippen molar-refractivity contribution in [2.75, 3.05) is 19.6 Å². The molecular formula is C17H32N2. The molecule has 2 saturated carbocycles. The highest BCUT2D eigenvalue weighted by molar-refractivity contribution is 4.87. The summed E-state index contributed by atoms with van der Waals surface area (Å²) >= 11 is 0. The maximum atomic E-state index is 3.80. The quantitative estimate of drug-likeness (QED) is 0.838. The lowest BCUT2D eigenvalue weighted by Crippen LogP contribution is -2.48. The average molecular weight is 264 g/mol. The molecule has 2 heteroatoms. The van der Waals surface area contributed by atoms with Gasteiger partial charge in [-0.3, -0.25) is 0 Å². The van der Waals surface area contributed by atoms with Gasteiger partial charge in [0.1, 0.15) is 0 Å². The van der Waals surface area contributed by atoms with E-state index in [2.05, 4.69) is 24.1 Å². The van der Waals surface area contributed by atoms with Gasteiger partial charge in [-0.15, -0.1) is 0 Å². The van der Waals surface area contributed by atoms with Crippen LogP contribution >= 0.6 is 0 Å². The van der Waals surface area contributed by atoms with Gasteiger partial charge in [-0.25, -0.2) is 0 Å². The highest BCUT2D eigenvalue weighted by Gasteiger charge is 2.31. The highest BCUT2D eigenvalue weighted by Crippen LogP contribution is 2.33. The number of hydrogen-bond acceptors (Lipinski definition) is 2. The molecule has 1 heterocycles. The topological polar surface area (TPSA) is 15.3 Å². The molecule has 0 bridgehead atoms. The minimum absolute atomic E-state index is 0.816. The zero-order valence-corrected chi connectivity index (χ0v) is 12.9. The maximum Gasteiger partial charge on any atom is 0.00980 e. The van der Waals surface area contributed by atoms with Crippen molar-refractivity contribution >= 4 is 0 Å². The Labute approximate surface area is 119 Å². The minimum atomic E-state index is 0.816. The van der Waals surface area contributed by atoms with Gasteiger partial charge in [0.05, 0.1) is 0 Å². The van der Waals surface area contributed by atoms with Crippen molar-refractivity contribution in [3.05, 3.63) is 0 Å². The van der Waals surface area contributed by atoms with Crippen LogP contribution in [-0.4, -0.2) is 36.6 Å². The SMILES string of the molecule is CC1CCC(N2CCC(NCC3CC3)CC2)CC1C. The summed E-state index contributed by atoms with van der Waals surface area (Å²) < 4.78 is 0. The van der Waals surface area contributed by atoms with E-state index in [9.17, 15) is 0 Å². The summed E-state index contributed by atoms with van der Waals surface area (Å²) in [6, 6.07) is 1.72. The van der Waals surface area contributed by atoms with Gasteiger partial charge in [-0.05, 0) is 82.3 Å². The molecule has 3 rings (SSSR count). The number of nitrogens with zero attached hydrogens (tertiary/aromatic N) is 1. The third-order valence-electron chi connectivity index (χ3n) is 6.01. The lowest BCUT2D eigenvalue weighted by atomic mass is 9.78. The number of rotatable bonds is 4. The molecule has 110 valence electrons. The second-order valence-electron chi connectivity index (χ2n) is 7.58. The highest BCUT2D eigenvalue weighted by atomic mass is 15.2. The summed E-state index contributed by atoms with van der Waals surface area (Å²) in [5.74, 6) is 2.91. The Balaban J connectivity index is 1.39. The van der Waals surface area contributed by atoms with E-state index < -0.39 is 0 Å². The smallest absolute Gasteiger partial charge is 0.00980 e. The molecule has 0 aromatic rings. The Hall–Kier alpha value is -0.0800. The normalized spacial score (nSPS) is 38.5. The first kappa shape index (κ1) is 13.9. The zero-order chi connectivity index (χ0) is 13.2. The van der Waals surface area contributed by atoms with Gasteiger partial charge in [0.2, 0.25) is 0 Å². The van der Waals surface area contributed by atoms with Gasteiger partial charge in [0, 0.05) is 12.1 Å². The van der Waals surface area contributed by atoms with Crippen LogP contribution in [0.25, 0.3) is 0 Å². The molecule has 0 aromatic heterocycles. The Kier molecular flexibility index (Phi) is 4.48. The average Bonchev–Trinajstić information content (AvgIpc) is 3.24. The van der Waals surface area contributed by atoms with Crippen LogP contribution in [0.15, 0.2) is 0 Å². The molecule has 2 aliphatic carbocycles. The fourth-order valence-electron chi connectivity index (χ4n) is 3.97. The van der Waals surface area contributed by atoms with Crippen molar-refractivity contribution in [2.45, 2.75) is 70.9 Å². The minimum Gasteiger partial charge on any atom is -0.314 e. The number of hydrogen-bond donors (Lipinski definition) is 1. The molecule has 0 spiro atoms. The van der Waals surface area contributed by atoms with Crippen molar-refractivity contribution in [2.24, 2.45) is 17.8 Å². The van der Waals surface area contributed by atoms with Gasteiger partial charge in [-0.2, -0.15) is 0 Å².